The van der Waals surface area contributed by atoms with Crippen LogP contribution in [0.3, 0.4) is 0 Å². The molecular weight excluding hydrogens is 326 g/mol. The zero-order valence-electron chi connectivity index (χ0n) is 13.3. The summed E-state index contributed by atoms with van der Waals surface area (Å²) in [6.45, 7) is 7.80. The van der Waals surface area contributed by atoms with Crippen molar-refractivity contribution >= 4 is 21.6 Å². The lowest BCUT2D eigenvalue weighted by Crippen LogP contribution is -2.55. The largest absolute Gasteiger partial charge is 0.368 e. The number of nitrogens with zero attached hydrogens (tertiary/aromatic N) is 2. The molecule has 2 fully saturated rings. The van der Waals surface area contributed by atoms with Gasteiger partial charge in [-0.3, -0.25) is 4.90 Å². The Morgan fingerprint density at radius 1 is 1.19 bits per heavy atom. The van der Waals surface area contributed by atoms with Crippen molar-refractivity contribution in [2.75, 3.05) is 25.0 Å². The van der Waals surface area contributed by atoms with E-state index in [-0.39, 0.29) is 0 Å². The fourth-order valence-corrected chi connectivity index (χ4v) is 3.74. The first kappa shape index (κ1) is 15.3. The number of benzene rings is 1. The van der Waals surface area contributed by atoms with Crippen molar-refractivity contribution in [2.24, 2.45) is 0 Å². The second-order valence-electron chi connectivity index (χ2n) is 6.71. The van der Waals surface area contributed by atoms with Crippen molar-refractivity contribution in [2.45, 2.75) is 51.4 Å². The zero-order chi connectivity index (χ0) is 15.0. The highest BCUT2D eigenvalue weighted by Gasteiger charge is 2.27. The molecule has 2 aliphatic rings. The molecule has 0 radical (unpaired) electrons. The lowest BCUT2D eigenvalue weighted by atomic mass is 10.1. The Bertz CT molecular complexity index is 489. The summed E-state index contributed by atoms with van der Waals surface area (Å²) in [5.74, 6) is 0. The van der Waals surface area contributed by atoms with Gasteiger partial charge in [0.25, 0.3) is 0 Å². The first-order valence-electron chi connectivity index (χ1n) is 8.03. The van der Waals surface area contributed by atoms with Gasteiger partial charge in [-0.15, -0.1) is 0 Å². The van der Waals surface area contributed by atoms with Crippen molar-refractivity contribution in [3.05, 3.63) is 28.2 Å². The lowest BCUT2D eigenvalue weighted by Gasteiger charge is -2.43. The number of likely N-dealkylation sites (N-methyl/N-ethyl adjacent to an activating group) is 1. The van der Waals surface area contributed by atoms with Crippen molar-refractivity contribution < 1.29 is 0 Å². The SMILES string of the molecule is CC1CN(c2ccc(CNC3CC3)cc2Br)CC(C)N1C. The molecule has 116 valence electrons. The van der Waals surface area contributed by atoms with Crippen LogP contribution in [0, 0.1) is 0 Å². The number of hydrogen-bond acceptors (Lipinski definition) is 3. The van der Waals surface area contributed by atoms with Gasteiger partial charge in [0.1, 0.15) is 0 Å². The fourth-order valence-electron chi connectivity index (χ4n) is 3.07. The molecule has 2 unspecified atom stereocenters. The summed E-state index contributed by atoms with van der Waals surface area (Å²) >= 11 is 3.78. The average Bonchev–Trinajstić information content (AvgIpc) is 3.26. The van der Waals surface area contributed by atoms with E-state index < -0.39 is 0 Å². The first-order chi connectivity index (χ1) is 10.0. The van der Waals surface area contributed by atoms with Crippen LogP contribution in [0.1, 0.15) is 32.3 Å². The Kier molecular flexibility index (Phi) is 4.57. The van der Waals surface area contributed by atoms with Gasteiger partial charge in [-0.1, -0.05) is 6.07 Å². The minimum absolute atomic E-state index is 0.594. The highest BCUT2D eigenvalue weighted by molar-refractivity contribution is 9.10. The summed E-state index contributed by atoms with van der Waals surface area (Å²) < 4.78 is 1.22. The van der Waals surface area contributed by atoms with Crippen LogP contribution in [-0.2, 0) is 6.54 Å². The molecule has 21 heavy (non-hydrogen) atoms. The van der Waals surface area contributed by atoms with E-state index >= 15 is 0 Å². The number of piperazine rings is 1. The molecule has 2 atom stereocenters. The number of nitrogens with one attached hydrogen (secondary N) is 1. The van der Waals surface area contributed by atoms with Gasteiger partial charge in [0.15, 0.2) is 0 Å². The molecule has 0 amide bonds. The van der Waals surface area contributed by atoms with Crippen LogP contribution >= 0.6 is 15.9 Å². The van der Waals surface area contributed by atoms with Crippen LogP contribution in [0.15, 0.2) is 22.7 Å². The van der Waals surface area contributed by atoms with E-state index in [1.165, 1.54) is 28.6 Å². The van der Waals surface area contributed by atoms with E-state index in [0.717, 1.165) is 25.7 Å². The molecule has 1 aliphatic heterocycles. The quantitative estimate of drug-likeness (QED) is 0.898. The van der Waals surface area contributed by atoms with Crippen LogP contribution in [0.4, 0.5) is 5.69 Å². The predicted octanol–water partition coefficient (Wildman–Crippen LogP) is 3.23. The summed E-state index contributed by atoms with van der Waals surface area (Å²) in [5, 5.41) is 3.58. The third kappa shape index (κ3) is 3.61. The highest BCUT2D eigenvalue weighted by Crippen LogP contribution is 2.30. The van der Waals surface area contributed by atoms with Crippen LogP contribution in [0.5, 0.6) is 0 Å². The molecule has 0 aromatic heterocycles. The monoisotopic (exact) mass is 351 g/mol. The summed E-state index contributed by atoms with van der Waals surface area (Å²) in [5.41, 5.74) is 2.70. The van der Waals surface area contributed by atoms with E-state index in [4.69, 9.17) is 0 Å². The van der Waals surface area contributed by atoms with E-state index in [9.17, 15) is 0 Å². The van der Waals surface area contributed by atoms with E-state index in [1.807, 2.05) is 0 Å². The summed E-state index contributed by atoms with van der Waals surface area (Å²) in [6, 6.07) is 8.77. The van der Waals surface area contributed by atoms with Gasteiger partial charge >= 0.3 is 0 Å². The van der Waals surface area contributed by atoms with Crippen molar-refractivity contribution in [1.82, 2.24) is 10.2 Å². The maximum absolute atomic E-state index is 3.78. The lowest BCUT2D eigenvalue weighted by molar-refractivity contribution is 0.170. The second-order valence-corrected chi connectivity index (χ2v) is 7.56. The Labute approximate surface area is 136 Å². The molecular formula is C17H26BrN3. The number of halogens is 1. The minimum atomic E-state index is 0.594. The summed E-state index contributed by atoms with van der Waals surface area (Å²) in [6.07, 6.45) is 2.69. The Hall–Kier alpha value is -0.580. The summed E-state index contributed by atoms with van der Waals surface area (Å²) in [4.78, 5) is 4.98. The predicted molar refractivity (Wildman–Crippen MR) is 92.9 cm³/mol. The van der Waals surface area contributed by atoms with Crippen LogP contribution in [0.2, 0.25) is 0 Å². The van der Waals surface area contributed by atoms with Gasteiger partial charge in [-0.05, 0) is 67.4 Å². The van der Waals surface area contributed by atoms with Crippen LogP contribution < -0.4 is 10.2 Å². The smallest absolute Gasteiger partial charge is 0.0511 e. The third-order valence-electron chi connectivity index (χ3n) is 4.88. The van der Waals surface area contributed by atoms with Crippen molar-refractivity contribution in [1.29, 1.82) is 0 Å². The van der Waals surface area contributed by atoms with E-state index in [0.29, 0.717) is 12.1 Å². The molecule has 1 aromatic rings. The Balaban J connectivity index is 1.69. The molecule has 3 nitrogen and oxygen atoms in total. The molecule has 1 aromatic carbocycles. The molecule has 1 saturated carbocycles. The van der Waals surface area contributed by atoms with Crippen molar-refractivity contribution in [3.8, 4) is 0 Å². The number of anilines is 1. The zero-order valence-corrected chi connectivity index (χ0v) is 14.9. The van der Waals surface area contributed by atoms with Gasteiger partial charge in [0.2, 0.25) is 0 Å². The van der Waals surface area contributed by atoms with Gasteiger partial charge in [-0.2, -0.15) is 0 Å². The highest BCUT2D eigenvalue weighted by atomic mass is 79.9. The Morgan fingerprint density at radius 2 is 1.86 bits per heavy atom. The van der Waals surface area contributed by atoms with Gasteiger partial charge in [0, 0.05) is 42.2 Å². The van der Waals surface area contributed by atoms with E-state index in [1.54, 1.807) is 0 Å². The average molecular weight is 352 g/mol. The first-order valence-corrected chi connectivity index (χ1v) is 8.82. The topological polar surface area (TPSA) is 18.5 Å². The molecule has 0 spiro atoms. The van der Waals surface area contributed by atoms with Crippen LogP contribution in [-0.4, -0.2) is 43.2 Å². The van der Waals surface area contributed by atoms with Gasteiger partial charge in [-0.25, -0.2) is 0 Å². The molecule has 1 heterocycles. The van der Waals surface area contributed by atoms with Gasteiger partial charge in [0.05, 0.1) is 5.69 Å². The second kappa shape index (κ2) is 6.27. The third-order valence-corrected chi connectivity index (χ3v) is 5.52. The Morgan fingerprint density at radius 3 is 2.43 bits per heavy atom. The maximum Gasteiger partial charge on any atom is 0.0511 e. The number of rotatable bonds is 4. The van der Waals surface area contributed by atoms with Crippen molar-refractivity contribution in [3.63, 3.8) is 0 Å². The molecule has 1 aliphatic carbocycles. The van der Waals surface area contributed by atoms with E-state index in [2.05, 4.69) is 70.1 Å². The van der Waals surface area contributed by atoms with Gasteiger partial charge < -0.3 is 10.2 Å². The standard InChI is InChI=1S/C17H26BrN3/c1-12-10-21(11-13(2)20(12)3)17-7-4-14(8-16(17)18)9-19-15-5-6-15/h4,7-8,12-13,15,19H,5-6,9-11H2,1-3H3. The molecule has 3 rings (SSSR count). The molecule has 0 bridgehead atoms. The van der Waals surface area contributed by atoms with Crippen LogP contribution in [0.25, 0.3) is 0 Å². The maximum atomic E-state index is 3.78. The summed E-state index contributed by atoms with van der Waals surface area (Å²) in [7, 11) is 2.23. The molecule has 1 saturated heterocycles. The molecule has 4 heteroatoms. The molecule has 1 N–H and O–H groups in total. The normalized spacial score (nSPS) is 27.1. The minimum Gasteiger partial charge on any atom is -0.368 e. The number of hydrogen-bond donors (Lipinski definition) is 1. The fraction of sp³-hybridized carbons (Fsp3) is 0.647.